The first kappa shape index (κ1) is 8.56. The van der Waals surface area contributed by atoms with Gasteiger partial charge < -0.3 is 5.73 Å². The second kappa shape index (κ2) is 4.44. The maximum Gasteiger partial charge on any atom is 1.00 e. The predicted molar refractivity (Wildman–Crippen MR) is 31.2 cm³/mol. The zero-order chi connectivity index (χ0) is 5.11. The van der Waals surface area contributed by atoms with Crippen molar-refractivity contribution >= 4 is 0 Å². The van der Waals surface area contributed by atoms with Gasteiger partial charge in [-0.15, -0.1) is 6.04 Å². The first-order valence-corrected chi connectivity index (χ1v) is 3.11. The molecular weight excluding hydrogens is 93.0 g/mol. The Hall–Kier alpha value is 0.557. The minimum atomic E-state index is 0. The van der Waals surface area contributed by atoms with Crippen LogP contribution in [-0.4, -0.2) is 6.04 Å². The van der Waals surface area contributed by atoms with E-state index in [1.807, 2.05) is 0 Å². The summed E-state index contributed by atoms with van der Waals surface area (Å²) in [7, 11) is 0. The summed E-state index contributed by atoms with van der Waals surface area (Å²) < 4.78 is 0. The molecule has 42 valence electrons. The van der Waals surface area contributed by atoms with Crippen molar-refractivity contribution in [2.75, 3.05) is 0 Å². The third-order valence-electron chi connectivity index (χ3n) is 1.61. The zero-order valence-electron chi connectivity index (χ0n) is 5.61. The monoisotopic (exact) mass is 105 g/mol. The van der Waals surface area contributed by atoms with Crippen LogP contribution >= 0.6 is 0 Å². The van der Waals surface area contributed by atoms with Gasteiger partial charge in [0, 0.05) is 0 Å². The zero-order valence-corrected chi connectivity index (χ0v) is 5.61. The van der Waals surface area contributed by atoms with Gasteiger partial charge in [0.25, 0.3) is 0 Å². The standard InChI is InChI=1S/C6H12N.Li/c7-6-4-2-1-3-5-6;/h6-7H,1-5H2;/q-1;+1. The molecule has 8 heavy (non-hydrogen) atoms. The minimum Gasteiger partial charge on any atom is -0.675 e. The van der Waals surface area contributed by atoms with Crippen LogP contribution in [-0.2, 0) is 0 Å². The number of nitrogens with one attached hydrogen (secondary N) is 1. The Bertz CT molecular complexity index is 50.5. The molecule has 0 spiro atoms. The third-order valence-corrected chi connectivity index (χ3v) is 1.61. The van der Waals surface area contributed by atoms with Crippen LogP contribution < -0.4 is 18.9 Å². The van der Waals surface area contributed by atoms with Gasteiger partial charge in [0.15, 0.2) is 0 Å². The van der Waals surface area contributed by atoms with Gasteiger partial charge in [-0.3, -0.25) is 0 Å². The van der Waals surface area contributed by atoms with E-state index in [1.54, 1.807) is 0 Å². The summed E-state index contributed by atoms with van der Waals surface area (Å²) in [4.78, 5) is 0. The summed E-state index contributed by atoms with van der Waals surface area (Å²) in [6.07, 6.45) is 6.28. The molecule has 1 rings (SSSR count). The van der Waals surface area contributed by atoms with Gasteiger partial charge in [0.05, 0.1) is 0 Å². The van der Waals surface area contributed by atoms with Crippen LogP contribution in [0.15, 0.2) is 0 Å². The van der Waals surface area contributed by atoms with Gasteiger partial charge in [-0.1, -0.05) is 32.1 Å². The van der Waals surface area contributed by atoms with Gasteiger partial charge in [0.2, 0.25) is 0 Å². The van der Waals surface area contributed by atoms with Crippen LogP contribution in [0.5, 0.6) is 0 Å². The Kier molecular flexibility index (Phi) is 4.75. The largest absolute Gasteiger partial charge is 1.00 e. The summed E-state index contributed by atoms with van der Waals surface area (Å²) in [6.45, 7) is 0. The molecule has 0 aliphatic heterocycles. The van der Waals surface area contributed by atoms with Crippen molar-refractivity contribution in [2.24, 2.45) is 0 Å². The summed E-state index contributed by atoms with van der Waals surface area (Å²) >= 11 is 0. The SMILES string of the molecule is [Li+].[NH-]C1CCCCC1. The van der Waals surface area contributed by atoms with Crippen LogP contribution in [0.3, 0.4) is 0 Å². The molecule has 0 bridgehead atoms. The van der Waals surface area contributed by atoms with Crippen molar-refractivity contribution in [1.82, 2.24) is 0 Å². The molecule has 0 saturated heterocycles. The summed E-state index contributed by atoms with van der Waals surface area (Å²) in [5, 5.41) is 0. The molecule has 1 fully saturated rings. The number of hydrogen-bond donors (Lipinski definition) is 0. The topological polar surface area (TPSA) is 23.8 Å². The van der Waals surface area contributed by atoms with E-state index in [-0.39, 0.29) is 24.9 Å². The molecule has 0 radical (unpaired) electrons. The second-order valence-corrected chi connectivity index (χ2v) is 2.33. The number of hydrogen-bond acceptors (Lipinski definition) is 0. The van der Waals surface area contributed by atoms with E-state index < -0.39 is 0 Å². The third kappa shape index (κ3) is 2.77. The van der Waals surface area contributed by atoms with E-state index in [0.29, 0.717) is 0 Å². The fourth-order valence-corrected chi connectivity index (χ4v) is 1.10. The van der Waals surface area contributed by atoms with Gasteiger partial charge in [0.1, 0.15) is 0 Å². The quantitative estimate of drug-likeness (QED) is 0.366. The minimum absolute atomic E-state index is 0. The van der Waals surface area contributed by atoms with Crippen LogP contribution in [0.2, 0.25) is 0 Å². The van der Waals surface area contributed by atoms with Gasteiger partial charge in [-0.25, -0.2) is 0 Å². The van der Waals surface area contributed by atoms with Crippen molar-refractivity contribution in [3.8, 4) is 0 Å². The smallest absolute Gasteiger partial charge is 0.675 e. The van der Waals surface area contributed by atoms with E-state index in [4.69, 9.17) is 5.73 Å². The molecule has 1 nitrogen and oxygen atoms in total. The maximum atomic E-state index is 7.27. The molecule has 0 atom stereocenters. The van der Waals surface area contributed by atoms with Crippen LogP contribution in [0.4, 0.5) is 0 Å². The van der Waals surface area contributed by atoms with Crippen molar-refractivity contribution in [3.05, 3.63) is 5.73 Å². The molecule has 0 aromatic carbocycles. The normalized spacial score (nSPS) is 22.1. The molecule has 0 aromatic heterocycles. The summed E-state index contributed by atoms with van der Waals surface area (Å²) in [5.74, 6) is 0. The van der Waals surface area contributed by atoms with E-state index in [0.717, 1.165) is 12.8 Å². The first-order chi connectivity index (χ1) is 3.39. The predicted octanol–water partition coefficient (Wildman–Crippen LogP) is -0.625. The van der Waals surface area contributed by atoms with E-state index in [9.17, 15) is 0 Å². The first-order valence-electron chi connectivity index (χ1n) is 3.11. The van der Waals surface area contributed by atoms with Crippen LogP contribution in [0.25, 0.3) is 5.73 Å². The van der Waals surface area contributed by atoms with Crippen LogP contribution in [0, 0.1) is 0 Å². The molecule has 2 heteroatoms. The molecule has 1 saturated carbocycles. The average Bonchev–Trinajstić information content (AvgIpc) is 1.69. The molecule has 0 aromatic rings. The molecule has 1 aliphatic rings. The van der Waals surface area contributed by atoms with Gasteiger partial charge in [-0.2, -0.15) is 0 Å². The number of rotatable bonds is 0. The Balaban J connectivity index is 0.000000490. The van der Waals surface area contributed by atoms with Gasteiger partial charge in [-0.05, 0) is 0 Å². The average molecular weight is 105 g/mol. The van der Waals surface area contributed by atoms with E-state index in [1.165, 1.54) is 19.3 Å². The molecular formula is C6H12LiN. The van der Waals surface area contributed by atoms with Crippen molar-refractivity contribution < 1.29 is 18.9 Å². The summed E-state index contributed by atoms with van der Waals surface area (Å²) in [6, 6.07) is 0.286. The molecule has 0 heterocycles. The molecule has 1 N–H and O–H groups in total. The van der Waals surface area contributed by atoms with Crippen molar-refractivity contribution in [3.63, 3.8) is 0 Å². The molecule has 0 amide bonds. The van der Waals surface area contributed by atoms with Crippen LogP contribution in [0.1, 0.15) is 32.1 Å². The summed E-state index contributed by atoms with van der Waals surface area (Å²) in [5.41, 5.74) is 7.27. The van der Waals surface area contributed by atoms with Crippen molar-refractivity contribution in [2.45, 2.75) is 38.1 Å². The Morgan fingerprint density at radius 1 is 1.00 bits per heavy atom. The Morgan fingerprint density at radius 2 is 1.50 bits per heavy atom. The second-order valence-electron chi connectivity index (χ2n) is 2.33. The van der Waals surface area contributed by atoms with E-state index >= 15 is 0 Å². The maximum absolute atomic E-state index is 7.27. The molecule has 0 unspecified atom stereocenters. The Morgan fingerprint density at radius 3 is 1.75 bits per heavy atom. The van der Waals surface area contributed by atoms with E-state index in [2.05, 4.69) is 0 Å². The molecule has 1 aliphatic carbocycles. The fourth-order valence-electron chi connectivity index (χ4n) is 1.10. The van der Waals surface area contributed by atoms with Crippen molar-refractivity contribution in [1.29, 1.82) is 0 Å². The van der Waals surface area contributed by atoms with Gasteiger partial charge >= 0.3 is 18.9 Å². The Labute approximate surface area is 63.2 Å². The fraction of sp³-hybridized carbons (Fsp3) is 1.00.